The lowest BCUT2D eigenvalue weighted by Crippen LogP contribution is -2.45. The van der Waals surface area contributed by atoms with Gasteiger partial charge in [0.25, 0.3) is 7.82 Å². The van der Waals surface area contributed by atoms with E-state index in [1.807, 2.05) is 27.2 Å². The summed E-state index contributed by atoms with van der Waals surface area (Å²) in [5.74, 6) is -0.210. The van der Waals surface area contributed by atoms with Crippen molar-refractivity contribution in [1.82, 2.24) is 5.32 Å². The Morgan fingerprint density at radius 2 is 0.797 bits per heavy atom. The Kier molecular flexibility index (Phi) is 54.6. The van der Waals surface area contributed by atoms with Crippen molar-refractivity contribution in [2.45, 2.75) is 309 Å². The lowest BCUT2D eigenvalue weighted by atomic mass is 10.0. The zero-order valence-corrected chi connectivity index (χ0v) is 50.4. The van der Waals surface area contributed by atoms with Crippen molar-refractivity contribution in [3.05, 3.63) is 60.8 Å². The number of hydrogen-bond donors (Lipinski definition) is 2. The van der Waals surface area contributed by atoms with E-state index in [0.717, 1.165) is 51.4 Å². The molecule has 434 valence electrons. The Labute approximate surface area is 460 Å². The highest BCUT2D eigenvalue weighted by molar-refractivity contribution is 7.45. The first-order valence-electron chi connectivity index (χ1n) is 31.7. The minimum atomic E-state index is -4.61. The van der Waals surface area contributed by atoms with Gasteiger partial charge >= 0.3 is 0 Å². The number of carbonyl (C=O) groups is 1. The van der Waals surface area contributed by atoms with Crippen LogP contribution in [-0.4, -0.2) is 68.5 Å². The summed E-state index contributed by atoms with van der Waals surface area (Å²) < 4.78 is 23.3. The second-order valence-corrected chi connectivity index (χ2v) is 24.2. The Morgan fingerprint density at radius 3 is 1.18 bits per heavy atom. The number of likely N-dealkylation sites (N-methyl/N-ethyl adjacent to an activating group) is 1. The standard InChI is InChI=1S/C65H123N2O6P/c1-6-8-10-12-14-16-18-20-22-23-24-25-26-27-28-29-30-31-32-33-34-35-36-37-38-39-40-41-42-43-45-47-49-51-53-55-57-59-65(69)66-63(62-73-74(70,71)72-61-60-67(3,4)5)64(68)58-56-54-52-50-48-46-44-21-19-17-15-13-11-9-7-2/h19,21,28-29,31-32,48,50,56,58,63-64,68H,6-18,20,22-27,30,33-47,49,51-55,57,59-62H2,1-5H3,(H-,66,69,70,71)/b21-19+,29-28-,32-31-,50-48+,58-56+. The minimum absolute atomic E-state index is 0.00972. The molecule has 0 fully saturated rings. The number of hydrogen-bond acceptors (Lipinski definition) is 6. The molecule has 0 aromatic rings. The van der Waals surface area contributed by atoms with E-state index in [-0.39, 0.29) is 12.5 Å². The number of unbranched alkanes of at least 4 members (excludes halogenated alkanes) is 37. The van der Waals surface area contributed by atoms with Gasteiger partial charge in [0, 0.05) is 6.42 Å². The number of aliphatic hydroxyl groups is 1. The fourth-order valence-corrected chi connectivity index (χ4v) is 9.94. The van der Waals surface area contributed by atoms with Gasteiger partial charge in [-0.2, -0.15) is 0 Å². The molecule has 0 rings (SSSR count). The van der Waals surface area contributed by atoms with Gasteiger partial charge in [-0.25, -0.2) is 0 Å². The maximum atomic E-state index is 13.0. The van der Waals surface area contributed by atoms with E-state index in [1.54, 1.807) is 6.08 Å². The Hall–Kier alpha value is -1.80. The summed E-state index contributed by atoms with van der Waals surface area (Å²) in [5.41, 5.74) is 0. The van der Waals surface area contributed by atoms with Crippen LogP contribution < -0.4 is 10.2 Å². The molecule has 0 aliphatic heterocycles. The summed E-state index contributed by atoms with van der Waals surface area (Å²) >= 11 is 0. The molecule has 0 radical (unpaired) electrons. The van der Waals surface area contributed by atoms with Crippen LogP contribution in [-0.2, 0) is 18.4 Å². The first-order valence-corrected chi connectivity index (χ1v) is 33.1. The molecule has 8 nitrogen and oxygen atoms in total. The largest absolute Gasteiger partial charge is 0.756 e. The van der Waals surface area contributed by atoms with Gasteiger partial charge in [-0.15, -0.1) is 0 Å². The molecule has 0 bridgehead atoms. The molecule has 0 aromatic heterocycles. The summed E-state index contributed by atoms with van der Waals surface area (Å²) in [6.07, 6.45) is 76.3. The highest BCUT2D eigenvalue weighted by Crippen LogP contribution is 2.38. The molecular weight excluding hydrogens is 936 g/mol. The highest BCUT2D eigenvalue weighted by Gasteiger charge is 2.23. The van der Waals surface area contributed by atoms with Crippen LogP contribution in [0, 0.1) is 0 Å². The second kappa shape index (κ2) is 55.9. The predicted molar refractivity (Wildman–Crippen MR) is 321 cm³/mol. The maximum absolute atomic E-state index is 13.0. The van der Waals surface area contributed by atoms with Gasteiger partial charge in [-0.3, -0.25) is 9.36 Å². The average Bonchev–Trinajstić information content (AvgIpc) is 3.36. The van der Waals surface area contributed by atoms with Gasteiger partial charge in [0.05, 0.1) is 39.9 Å². The number of nitrogens with one attached hydrogen (secondary N) is 1. The first kappa shape index (κ1) is 72.2. The number of nitrogens with zero attached hydrogens (tertiary/aromatic N) is 1. The van der Waals surface area contributed by atoms with Crippen LogP contribution in [0.15, 0.2) is 60.8 Å². The van der Waals surface area contributed by atoms with Crippen LogP contribution in [0.1, 0.15) is 296 Å². The zero-order chi connectivity index (χ0) is 54.2. The third-order valence-corrected chi connectivity index (χ3v) is 15.1. The van der Waals surface area contributed by atoms with Gasteiger partial charge in [-0.1, -0.05) is 274 Å². The molecule has 9 heteroatoms. The van der Waals surface area contributed by atoms with E-state index in [1.165, 1.54) is 225 Å². The zero-order valence-electron chi connectivity index (χ0n) is 49.5. The fraction of sp³-hybridized carbons (Fsp3) is 0.831. The molecule has 0 heterocycles. The molecule has 3 atom stereocenters. The Morgan fingerprint density at radius 1 is 0.473 bits per heavy atom. The molecule has 0 aromatic carbocycles. The van der Waals surface area contributed by atoms with Gasteiger partial charge in [-0.05, 0) is 77.0 Å². The normalized spacial score (nSPS) is 14.2. The molecule has 0 aliphatic carbocycles. The van der Waals surface area contributed by atoms with Gasteiger partial charge in [0.1, 0.15) is 13.2 Å². The second-order valence-electron chi connectivity index (χ2n) is 22.7. The maximum Gasteiger partial charge on any atom is 0.268 e. The van der Waals surface area contributed by atoms with Crippen molar-refractivity contribution < 1.29 is 32.9 Å². The topological polar surface area (TPSA) is 108 Å². The van der Waals surface area contributed by atoms with Crippen molar-refractivity contribution >= 4 is 13.7 Å². The quantitative estimate of drug-likeness (QED) is 0.0272. The smallest absolute Gasteiger partial charge is 0.268 e. The fourth-order valence-electron chi connectivity index (χ4n) is 9.22. The van der Waals surface area contributed by atoms with Crippen molar-refractivity contribution in [2.75, 3.05) is 40.9 Å². The number of aliphatic hydroxyl groups excluding tert-OH is 1. The van der Waals surface area contributed by atoms with Crippen LogP contribution >= 0.6 is 7.82 Å². The van der Waals surface area contributed by atoms with E-state index in [2.05, 4.69) is 67.8 Å². The summed E-state index contributed by atoms with van der Waals surface area (Å²) in [6, 6.07) is -0.911. The minimum Gasteiger partial charge on any atom is -0.756 e. The third-order valence-electron chi connectivity index (χ3n) is 14.2. The van der Waals surface area contributed by atoms with Crippen LogP contribution in [0.4, 0.5) is 0 Å². The van der Waals surface area contributed by atoms with Crippen LogP contribution in [0.25, 0.3) is 0 Å². The van der Waals surface area contributed by atoms with Gasteiger partial charge < -0.3 is 28.8 Å². The van der Waals surface area contributed by atoms with Crippen molar-refractivity contribution in [2.24, 2.45) is 0 Å². The number of carbonyl (C=O) groups excluding carboxylic acids is 1. The molecule has 0 saturated carbocycles. The predicted octanol–water partition coefficient (Wildman–Crippen LogP) is 19.0. The van der Waals surface area contributed by atoms with Crippen LogP contribution in [0.2, 0.25) is 0 Å². The summed E-state index contributed by atoms with van der Waals surface area (Å²) in [6.45, 7) is 4.62. The lowest BCUT2D eigenvalue weighted by molar-refractivity contribution is -0.870. The number of amides is 1. The Balaban J connectivity index is 3.99. The molecule has 0 aliphatic rings. The van der Waals surface area contributed by atoms with E-state index in [4.69, 9.17) is 9.05 Å². The molecular formula is C65H123N2O6P. The number of quaternary nitrogens is 1. The molecule has 0 saturated heterocycles. The van der Waals surface area contributed by atoms with Gasteiger partial charge in [0.15, 0.2) is 0 Å². The molecule has 3 unspecified atom stereocenters. The lowest BCUT2D eigenvalue weighted by Gasteiger charge is -2.29. The van der Waals surface area contributed by atoms with Crippen LogP contribution in [0.3, 0.4) is 0 Å². The molecule has 1 amide bonds. The molecule has 74 heavy (non-hydrogen) atoms. The van der Waals surface area contributed by atoms with E-state index >= 15 is 0 Å². The van der Waals surface area contributed by atoms with E-state index in [0.29, 0.717) is 17.4 Å². The average molecular weight is 1060 g/mol. The molecule has 2 N–H and O–H groups in total. The number of allylic oxidation sites excluding steroid dienone is 9. The third kappa shape index (κ3) is 57.9. The van der Waals surface area contributed by atoms with Crippen molar-refractivity contribution in [1.29, 1.82) is 0 Å². The monoisotopic (exact) mass is 1060 g/mol. The summed E-state index contributed by atoms with van der Waals surface area (Å²) in [7, 11) is 1.24. The molecule has 0 spiro atoms. The van der Waals surface area contributed by atoms with Crippen LogP contribution in [0.5, 0.6) is 0 Å². The number of phosphoric ester groups is 1. The Bertz CT molecular complexity index is 1390. The summed E-state index contributed by atoms with van der Waals surface area (Å²) in [4.78, 5) is 25.5. The van der Waals surface area contributed by atoms with E-state index in [9.17, 15) is 19.4 Å². The van der Waals surface area contributed by atoms with Crippen molar-refractivity contribution in [3.8, 4) is 0 Å². The number of phosphoric acid groups is 1. The van der Waals surface area contributed by atoms with E-state index < -0.39 is 26.6 Å². The SMILES string of the molecule is CCCCCCC/C=C/CC/C=C/CC/C=C/C(O)C(COP(=O)([O-])OCC[N+](C)(C)C)NC(=O)CCCCCCCCCCCCCCCCCCC/C=C\C/C=C\CCCCCCCCCCCCCCC. The first-order chi connectivity index (χ1) is 36.0. The van der Waals surface area contributed by atoms with Crippen molar-refractivity contribution in [3.63, 3.8) is 0 Å². The summed E-state index contributed by atoms with van der Waals surface area (Å²) in [5, 5.41) is 13.8. The van der Waals surface area contributed by atoms with Gasteiger partial charge in [0.2, 0.25) is 5.91 Å². The highest BCUT2D eigenvalue weighted by atomic mass is 31.2. The number of rotatable bonds is 58.